The molecule has 3 aromatic carbocycles. The van der Waals surface area contributed by atoms with Gasteiger partial charge in [-0.2, -0.15) is 0 Å². The van der Waals surface area contributed by atoms with Gasteiger partial charge < -0.3 is 14.8 Å². The number of rotatable bonds is 10. The lowest BCUT2D eigenvalue weighted by Crippen LogP contribution is -2.30. The lowest BCUT2D eigenvalue weighted by Gasteiger charge is -2.17. The van der Waals surface area contributed by atoms with Crippen LogP contribution in [0, 0.1) is 10.1 Å². The molecule has 1 atom stereocenters. The number of hydrogen-bond acceptors (Lipinski definition) is 5. The minimum Gasteiger partial charge on any atom is -0.491 e. The molecule has 1 unspecified atom stereocenters. The van der Waals surface area contributed by atoms with Gasteiger partial charge in [0.2, 0.25) is 0 Å². The van der Waals surface area contributed by atoms with E-state index in [4.69, 9.17) is 9.47 Å². The number of nitro groups is 1. The van der Waals surface area contributed by atoms with Crippen LogP contribution < -0.4 is 14.8 Å². The molecule has 0 aliphatic carbocycles. The predicted molar refractivity (Wildman–Crippen MR) is 119 cm³/mol. The van der Waals surface area contributed by atoms with Gasteiger partial charge in [-0.3, -0.25) is 14.9 Å². The highest BCUT2D eigenvalue weighted by molar-refractivity contribution is 5.95. The molecule has 0 spiro atoms. The van der Waals surface area contributed by atoms with Crippen LogP contribution in [-0.2, 0) is 11.2 Å². The smallest absolute Gasteiger partial charge is 0.310 e. The molecule has 7 heteroatoms. The number of ether oxygens (including phenoxy) is 2. The molecule has 0 aliphatic rings. The third kappa shape index (κ3) is 6.30. The van der Waals surface area contributed by atoms with Crippen LogP contribution in [0.25, 0.3) is 0 Å². The van der Waals surface area contributed by atoms with Gasteiger partial charge in [0.1, 0.15) is 5.75 Å². The lowest BCUT2D eigenvalue weighted by molar-refractivity contribution is -0.386. The molecule has 1 N–H and O–H groups in total. The highest BCUT2D eigenvalue weighted by Gasteiger charge is 2.21. The van der Waals surface area contributed by atoms with E-state index in [1.807, 2.05) is 24.3 Å². The summed E-state index contributed by atoms with van der Waals surface area (Å²) in [5.74, 6) is 0.167. The summed E-state index contributed by atoms with van der Waals surface area (Å²) >= 11 is 0. The summed E-state index contributed by atoms with van der Waals surface area (Å²) in [5, 5.41) is 13.9. The first-order valence-corrected chi connectivity index (χ1v) is 10.0. The van der Waals surface area contributed by atoms with Gasteiger partial charge in [0.15, 0.2) is 11.9 Å². The van der Waals surface area contributed by atoms with Crippen molar-refractivity contribution < 1.29 is 19.2 Å². The fourth-order valence-corrected chi connectivity index (χ4v) is 2.98. The lowest BCUT2D eigenvalue weighted by atomic mass is 10.1. The Labute approximate surface area is 180 Å². The number of carbonyl (C=O) groups is 1. The predicted octanol–water partition coefficient (Wildman–Crippen LogP) is 5.01. The van der Waals surface area contributed by atoms with Crippen LogP contribution in [0.2, 0.25) is 0 Å². The molecular weight excluding hydrogens is 396 g/mol. The van der Waals surface area contributed by atoms with Crippen molar-refractivity contribution in [3.63, 3.8) is 0 Å². The number of hydrogen-bond donors (Lipinski definition) is 1. The normalized spacial score (nSPS) is 11.4. The third-order valence-corrected chi connectivity index (χ3v) is 4.59. The zero-order chi connectivity index (χ0) is 22.1. The first-order valence-electron chi connectivity index (χ1n) is 10.0. The molecule has 0 aliphatic heterocycles. The summed E-state index contributed by atoms with van der Waals surface area (Å²) in [7, 11) is 0. The number of nitrogens with zero attached hydrogens (tertiary/aromatic N) is 1. The molecule has 0 aromatic heterocycles. The minimum atomic E-state index is -0.938. The third-order valence-electron chi connectivity index (χ3n) is 4.59. The summed E-state index contributed by atoms with van der Waals surface area (Å²) in [6, 6.07) is 23.3. The Morgan fingerprint density at radius 2 is 1.61 bits per heavy atom. The standard InChI is InChI=1S/C24H24N2O5/c1-18(31-23-16-8-6-14-21(23)26(28)29)24(27)25-20-13-5-7-15-22(20)30-17-9-12-19-10-3-2-4-11-19/h2-8,10-11,13-16,18H,9,12,17H2,1H3,(H,25,27). The number of nitrogens with one attached hydrogen (secondary N) is 1. The highest BCUT2D eigenvalue weighted by atomic mass is 16.6. The maximum Gasteiger partial charge on any atom is 0.310 e. The average molecular weight is 420 g/mol. The van der Waals surface area contributed by atoms with Crippen molar-refractivity contribution in [2.24, 2.45) is 0 Å². The SMILES string of the molecule is CC(Oc1ccccc1[N+](=O)[O-])C(=O)Nc1ccccc1OCCCc1ccccc1. The second-order valence-corrected chi connectivity index (χ2v) is 6.91. The second kappa shape index (κ2) is 10.8. The van der Waals surface area contributed by atoms with Crippen molar-refractivity contribution in [1.29, 1.82) is 0 Å². The van der Waals surface area contributed by atoms with Crippen LogP contribution in [0.5, 0.6) is 11.5 Å². The van der Waals surface area contributed by atoms with E-state index in [0.717, 1.165) is 12.8 Å². The van der Waals surface area contributed by atoms with Gasteiger partial charge in [-0.1, -0.05) is 54.6 Å². The van der Waals surface area contributed by atoms with E-state index in [1.165, 1.54) is 24.6 Å². The number of nitro benzene ring substituents is 1. The second-order valence-electron chi connectivity index (χ2n) is 6.91. The zero-order valence-electron chi connectivity index (χ0n) is 17.2. The van der Waals surface area contributed by atoms with Gasteiger partial charge in [0.25, 0.3) is 5.91 Å². The van der Waals surface area contributed by atoms with Crippen molar-refractivity contribution in [3.8, 4) is 11.5 Å². The van der Waals surface area contributed by atoms with Gasteiger partial charge in [-0.15, -0.1) is 0 Å². The minimum absolute atomic E-state index is 0.0422. The van der Waals surface area contributed by atoms with Crippen molar-refractivity contribution >= 4 is 17.3 Å². The quantitative estimate of drug-likeness (QED) is 0.283. The summed E-state index contributed by atoms with van der Waals surface area (Å²) in [6.45, 7) is 2.04. The van der Waals surface area contributed by atoms with Gasteiger partial charge >= 0.3 is 5.69 Å². The molecule has 0 bridgehead atoms. The summed E-state index contributed by atoms with van der Waals surface area (Å²) < 4.78 is 11.4. The fraction of sp³-hybridized carbons (Fsp3) is 0.208. The summed E-state index contributed by atoms with van der Waals surface area (Å²) in [6.07, 6.45) is 0.798. The zero-order valence-corrected chi connectivity index (χ0v) is 17.2. The maximum atomic E-state index is 12.6. The first kappa shape index (κ1) is 21.8. The van der Waals surface area contributed by atoms with E-state index < -0.39 is 16.9 Å². The number of aryl methyl sites for hydroxylation is 1. The number of benzene rings is 3. The Morgan fingerprint density at radius 1 is 0.968 bits per heavy atom. The van der Waals surface area contributed by atoms with E-state index in [2.05, 4.69) is 17.4 Å². The van der Waals surface area contributed by atoms with Gasteiger partial charge in [-0.05, 0) is 43.5 Å². The topological polar surface area (TPSA) is 90.7 Å². The molecule has 0 radical (unpaired) electrons. The van der Waals surface area contributed by atoms with Crippen LogP contribution in [0.1, 0.15) is 18.9 Å². The molecule has 3 rings (SSSR count). The number of carbonyl (C=O) groups excluding carboxylic acids is 1. The fourth-order valence-electron chi connectivity index (χ4n) is 2.98. The molecule has 31 heavy (non-hydrogen) atoms. The van der Waals surface area contributed by atoms with E-state index >= 15 is 0 Å². The molecule has 1 amide bonds. The van der Waals surface area contributed by atoms with E-state index in [0.29, 0.717) is 18.0 Å². The average Bonchev–Trinajstić information content (AvgIpc) is 2.78. The largest absolute Gasteiger partial charge is 0.491 e. The van der Waals surface area contributed by atoms with Gasteiger partial charge in [0.05, 0.1) is 17.2 Å². The van der Waals surface area contributed by atoms with Crippen molar-refractivity contribution in [2.45, 2.75) is 25.9 Å². The number of para-hydroxylation sites is 4. The van der Waals surface area contributed by atoms with Gasteiger partial charge in [-0.25, -0.2) is 0 Å². The van der Waals surface area contributed by atoms with E-state index in [-0.39, 0.29) is 11.4 Å². The Bertz CT molecular complexity index is 1020. The number of amides is 1. The van der Waals surface area contributed by atoms with Crippen LogP contribution in [-0.4, -0.2) is 23.5 Å². The molecule has 0 saturated heterocycles. The Kier molecular flexibility index (Phi) is 7.59. The van der Waals surface area contributed by atoms with Crippen LogP contribution in [0.3, 0.4) is 0 Å². The molecule has 0 saturated carbocycles. The molecule has 160 valence electrons. The number of anilines is 1. The molecule has 0 heterocycles. The van der Waals surface area contributed by atoms with E-state index in [9.17, 15) is 14.9 Å². The molecule has 3 aromatic rings. The van der Waals surface area contributed by atoms with Gasteiger partial charge in [0, 0.05) is 6.07 Å². The highest BCUT2D eigenvalue weighted by Crippen LogP contribution is 2.28. The van der Waals surface area contributed by atoms with Crippen molar-refractivity contribution in [1.82, 2.24) is 0 Å². The molecule has 7 nitrogen and oxygen atoms in total. The van der Waals surface area contributed by atoms with Crippen LogP contribution in [0.4, 0.5) is 11.4 Å². The first-order chi connectivity index (χ1) is 15.0. The monoisotopic (exact) mass is 420 g/mol. The molecule has 0 fully saturated rings. The van der Waals surface area contributed by atoms with Crippen molar-refractivity contribution in [3.05, 3.63) is 94.5 Å². The van der Waals surface area contributed by atoms with Crippen molar-refractivity contribution in [2.75, 3.05) is 11.9 Å². The Hall–Kier alpha value is -3.87. The Balaban J connectivity index is 1.57. The summed E-state index contributed by atoms with van der Waals surface area (Å²) in [5.41, 5.74) is 1.57. The molecular formula is C24H24N2O5. The summed E-state index contributed by atoms with van der Waals surface area (Å²) in [4.78, 5) is 23.2. The van der Waals surface area contributed by atoms with Crippen LogP contribution >= 0.6 is 0 Å². The maximum absolute atomic E-state index is 12.6. The Morgan fingerprint density at radius 3 is 2.35 bits per heavy atom. The van der Waals surface area contributed by atoms with Crippen LogP contribution in [0.15, 0.2) is 78.9 Å². The van der Waals surface area contributed by atoms with E-state index in [1.54, 1.807) is 30.3 Å².